The number of thioether (sulfide) groups is 1. The molecule has 2 aromatic rings. The van der Waals surface area contributed by atoms with Crippen LogP contribution in [-0.4, -0.2) is 33.7 Å². The molecular weight excluding hydrogens is 389 g/mol. The number of nitrogens with zero attached hydrogens (tertiary/aromatic N) is 2. The average molecular weight is 416 g/mol. The molecule has 0 saturated carbocycles. The van der Waals surface area contributed by atoms with Gasteiger partial charge in [0.1, 0.15) is 21.8 Å². The molecule has 2 atom stereocenters. The van der Waals surface area contributed by atoms with Crippen molar-refractivity contribution in [1.82, 2.24) is 5.01 Å². The van der Waals surface area contributed by atoms with Crippen molar-refractivity contribution in [1.29, 1.82) is 0 Å². The van der Waals surface area contributed by atoms with Gasteiger partial charge in [0.25, 0.3) is 5.91 Å². The first kappa shape index (κ1) is 21.5. The summed E-state index contributed by atoms with van der Waals surface area (Å²) in [5, 5.41) is 17.0. The Kier molecular flexibility index (Phi) is 6.72. The van der Waals surface area contributed by atoms with E-state index < -0.39 is 16.9 Å². The molecule has 1 heterocycles. The summed E-state index contributed by atoms with van der Waals surface area (Å²) in [5.74, 6) is -1.10. The van der Waals surface area contributed by atoms with Gasteiger partial charge in [0.15, 0.2) is 0 Å². The minimum Gasteiger partial charge on any atom is -0.383 e. The maximum Gasteiger partial charge on any atom is 0.273 e. The van der Waals surface area contributed by atoms with Crippen LogP contribution in [-0.2, 0) is 9.67 Å². The fraction of sp³-hybridized carbons (Fsp3) is 0.364. The molecule has 0 aromatic heterocycles. The standard InChI is InChI=1S/C22H26FN3O2S/c1-15(2)19(27)21(28)26-22(12-7-13-24,17-9-4-3-5-10-17)29-20(25-26)16-8-6-11-18(23)14-16/h3-6,8-11,14-15,19,27H,7,12-13,24H2,1-2H3/t19-,22?/m0/s1. The second kappa shape index (κ2) is 9.07. The highest BCUT2D eigenvalue weighted by Gasteiger charge is 2.49. The van der Waals surface area contributed by atoms with Gasteiger partial charge in [-0.25, -0.2) is 9.40 Å². The highest BCUT2D eigenvalue weighted by molar-refractivity contribution is 8.15. The summed E-state index contributed by atoms with van der Waals surface area (Å²) in [7, 11) is 0. The van der Waals surface area contributed by atoms with Crippen molar-refractivity contribution in [3.63, 3.8) is 0 Å². The number of hydrazone groups is 1. The van der Waals surface area contributed by atoms with E-state index in [1.807, 2.05) is 30.3 Å². The average Bonchev–Trinajstić information content (AvgIpc) is 3.12. The van der Waals surface area contributed by atoms with Crippen LogP contribution in [0.1, 0.15) is 37.8 Å². The summed E-state index contributed by atoms with van der Waals surface area (Å²) in [6, 6.07) is 15.7. The molecule has 3 N–H and O–H groups in total. The maximum atomic E-state index is 13.8. The Morgan fingerprint density at radius 3 is 2.59 bits per heavy atom. The van der Waals surface area contributed by atoms with Crippen LogP contribution in [0.15, 0.2) is 59.7 Å². The third-order valence-electron chi connectivity index (χ3n) is 4.91. The number of carbonyl (C=O) groups is 1. The van der Waals surface area contributed by atoms with Crippen molar-refractivity contribution in [3.8, 4) is 0 Å². The lowest BCUT2D eigenvalue weighted by Gasteiger charge is -2.37. The SMILES string of the molecule is CC(C)[C@H](O)C(=O)N1N=C(c2cccc(F)c2)SC1(CCCN)c1ccccc1. The maximum absolute atomic E-state index is 13.8. The van der Waals surface area contributed by atoms with Crippen LogP contribution in [0.25, 0.3) is 0 Å². The van der Waals surface area contributed by atoms with Gasteiger partial charge >= 0.3 is 0 Å². The summed E-state index contributed by atoms with van der Waals surface area (Å²) < 4.78 is 13.8. The predicted octanol–water partition coefficient (Wildman–Crippen LogP) is 3.67. The number of aliphatic hydroxyl groups excluding tert-OH is 1. The van der Waals surface area contributed by atoms with E-state index in [-0.39, 0.29) is 11.7 Å². The van der Waals surface area contributed by atoms with E-state index in [4.69, 9.17) is 5.73 Å². The van der Waals surface area contributed by atoms with Gasteiger partial charge in [-0.05, 0) is 43.0 Å². The van der Waals surface area contributed by atoms with E-state index >= 15 is 0 Å². The van der Waals surface area contributed by atoms with Crippen molar-refractivity contribution < 1.29 is 14.3 Å². The van der Waals surface area contributed by atoms with Gasteiger partial charge in [0.2, 0.25) is 0 Å². The number of hydrogen-bond acceptors (Lipinski definition) is 5. The topological polar surface area (TPSA) is 78.9 Å². The fourth-order valence-electron chi connectivity index (χ4n) is 3.29. The van der Waals surface area contributed by atoms with Crippen LogP contribution < -0.4 is 5.73 Å². The Labute approximate surface area is 174 Å². The van der Waals surface area contributed by atoms with Crippen molar-refractivity contribution >= 4 is 22.7 Å². The Morgan fingerprint density at radius 1 is 1.24 bits per heavy atom. The van der Waals surface area contributed by atoms with Gasteiger partial charge in [-0.2, -0.15) is 5.10 Å². The Morgan fingerprint density at radius 2 is 1.97 bits per heavy atom. The monoisotopic (exact) mass is 415 g/mol. The minimum atomic E-state index is -1.19. The summed E-state index contributed by atoms with van der Waals surface area (Å²) in [6.45, 7) is 4.03. The van der Waals surface area contributed by atoms with E-state index in [1.165, 1.54) is 28.9 Å². The number of carbonyl (C=O) groups excluding carboxylic acids is 1. The molecule has 0 fully saturated rings. The highest BCUT2D eigenvalue weighted by Crippen LogP contribution is 2.50. The second-order valence-electron chi connectivity index (χ2n) is 7.40. The molecule has 1 amide bonds. The van der Waals surface area contributed by atoms with Crippen LogP contribution in [0.3, 0.4) is 0 Å². The largest absolute Gasteiger partial charge is 0.383 e. The lowest BCUT2D eigenvalue weighted by molar-refractivity contribution is -0.146. The van der Waals surface area contributed by atoms with Gasteiger partial charge in [0, 0.05) is 5.56 Å². The summed E-state index contributed by atoms with van der Waals surface area (Å²) >= 11 is 1.40. The summed E-state index contributed by atoms with van der Waals surface area (Å²) in [5.41, 5.74) is 7.27. The number of halogens is 1. The van der Waals surface area contributed by atoms with Crippen molar-refractivity contribution in [3.05, 3.63) is 71.5 Å². The third-order valence-corrected chi connectivity index (χ3v) is 6.37. The fourth-order valence-corrected chi connectivity index (χ4v) is 4.70. The van der Waals surface area contributed by atoms with Gasteiger partial charge in [-0.3, -0.25) is 4.79 Å². The Hall–Kier alpha value is -2.22. The minimum absolute atomic E-state index is 0.260. The molecule has 1 aliphatic rings. The molecule has 5 nitrogen and oxygen atoms in total. The molecule has 29 heavy (non-hydrogen) atoms. The predicted molar refractivity (Wildman–Crippen MR) is 115 cm³/mol. The first-order valence-corrected chi connectivity index (χ1v) is 10.5. The molecule has 3 rings (SSSR count). The van der Waals surface area contributed by atoms with Gasteiger partial charge < -0.3 is 10.8 Å². The van der Waals surface area contributed by atoms with Crippen molar-refractivity contribution in [2.75, 3.05) is 6.54 Å². The summed E-state index contributed by atoms with van der Waals surface area (Å²) in [6.07, 6.45) is 0.0269. The number of rotatable bonds is 7. The van der Waals surface area contributed by atoms with Crippen LogP contribution in [0, 0.1) is 11.7 Å². The van der Waals surface area contributed by atoms with E-state index in [1.54, 1.807) is 26.0 Å². The third kappa shape index (κ3) is 4.37. The first-order valence-electron chi connectivity index (χ1n) is 9.70. The normalized spacial score (nSPS) is 20.1. The van der Waals surface area contributed by atoms with Gasteiger partial charge in [0.05, 0.1) is 0 Å². The summed E-state index contributed by atoms with van der Waals surface area (Å²) in [4.78, 5) is 12.4. The molecule has 7 heteroatoms. The van der Waals surface area contributed by atoms with E-state index in [2.05, 4.69) is 5.10 Å². The smallest absolute Gasteiger partial charge is 0.273 e. The second-order valence-corrected chi connectivity index (χ2v) is 8.67. The van der Waals surface area contributed by atoms with Gasteiger partial charge in [-0.1, -0.05) is 68.1 Å². The number of hydrogen-bond donors (Lipinski definition) is 2. The molecular formula is C22H26FN3O2S. The first-order chi connectivity index (χ1) is 13.9. The lowest BCUT2D eigenvalue weighted by atomic mass is 9.98. The van der Waals surface area contributed by atoms with E-state index in [0.29, 0.717) is 30.0 Å². The van der Waals surface area contributed by atoms with Crippen LogP contribution in [0.2, 0.25) is 0 Å². The van der Waals surface area contributed by atoms with Crippen LogP contribution in [0.5, 0.6) is 0 Å². The van der Waals surface area contributed by atoms with Crippen molar-refractivity contribution in [2.24, 2.45) is 16.8 Å². The quantitative estimate of drug-likeness (QED) is 0.723. The molecule has 1 aliphatic heterocycles. The number of aliphatic hydroxyl groups is 1. The van der Waals surface area contributed by atoms with Crippen LogP contribution >= 0.6 is 11.8 Å². The van der Waals surface area contributed by atoms with Crippen LogP contribution in [0.4, 0.5) is 4.39 Å². The molecule has 154 valence electrons. The molecule has 1 unspecified atom stereocenters. The van der Waals surface area contributed by atoms with E-state index in [0.717, 1.165) is 5.56 Å². The zero-order valence-electron chi connectivity index (χ0n) is 16.6. The number of amides is 1. The molecule has 0 aliphatic carbocycles. The molecule has 0 spiro atoms. The number of nitrogens with two attached hydrogens (primary N) is 1. The van der Waals surface area contributed by atoms with Gasteiger partial charge in [-0.15, -0.1) is 0 Å². The number of benzene rings is 2. The Bertz CT molecular complexity index is 891. The molecule has 0 radical (unpaired) electrons. The molecule has 0 saturated heterocycles. The molecule has 2 aromatic carbocycles. The van der Waals surface area contributed by atoms with Crippen molar-refractivity contribution in [2.45, 2.75) is 37.7 Å². The highest BCUT2D eigenvalue weighted by atomic mass is 32.2. The zero-order valence-corrected chi connectivity index (χ0v) is 17.4. The lowest BCUT2D eigenvalue weighted by Crippen LogP contribution is -2.47. The molecule has 0 bridgehead atoms. The zero-order chi connectivity index (χ0) is 21.0. The van der Waals surface area contributed by atoms with E-state index in [9.17, 15) is 14.3 Å². The Balaban J connectivity index is 2.12.